The predicted molar refractivity (Wildman–Crippen MR) is 121 cm³/mol. The lowest BCUT2D eigenvalue weighted by molar-refractivity contribution is -0.127. The van der Waals surface area contributed by atoms with E-state index < -0.39 is 10.0 Å². The lowest BCUT2D eigenvalue weighted by Gasteiger charge is -2.31. The summed E-state index contributed by atoms with van der Waals surface area (Å²) in [5.74, 6) is 1.90. The van der Waals surface area contributed by atoms with Gasteiger partial charge in [-0.25, -0.2) is 8.42 Å². The van der Waals surface area contributed by atoms with Crippen molar-refractivity contribution in [2.24, 2.45) is 11.8 Å². The highest BCUT2D eigenvalue weighted by atomic mass is 32.2. The summed E-state index contributed by atoms with van der Waals surface area (Å²) >= 11 is 0. The largest absolute Gasteiger partial charge is 0.494 e. The lowest BCUT2D eigenvalue weighted by Crippen LogP contribution is -2.44. The van der Waals surface area contributed by atoms with Crippen molar-refractivity contribution in [1.29, 1.82) is 0 Å². The third kappa shape index (κ3) is 5.38. The molecule has 1 saturated heterocycles. The van der Waals surface area contributed by atoms with Crippen LogP contribution in [0, 0.1) is 11.8 Å². The van der Waals surface area contributed by atoms with Gasteiger partial charge in [-0.15, -0.1) is 0 Å². The lowest BCUT2D eigenvalue weighted by atomic mass is 9.95. The SMILES string of the molecule is CCOc1ccc(S(=O)(=O)N2CCC(C(=O)NC(c3nc(C4CC4)no3)C(C)C)CC2)cc1. The van der Waals surface area contributed by atoms with Crippen LogP contribution < -0.4 is 10.1 Å². The number of carbonyl (C=O) groups excluding carboxylic acids is 1. The van der Waals surface area contributed by atoms with Crippen LogP contribution in [0.25, 0.3) is 0 Å². The second-order valence-electron chi connectivity index (χ2n) is 9.08. The first kappa shape index (κ1) is 23.7. The number of nitrogens with zero attached hydrogens (tertiary/aromatic N) is 3. The Morgan fingerprint density at radius 3 is 2.42 bits per heavy atom. The van der Waals surface area contributed by atoms with Gasteiger partial charge in [-0.1, -0.05) is 19.0 Å². The fourth-order valence-corrected chi connectivity index (χ4v) is 5.52. The van der Waals surface area contributed by atoms with Crippen LogP contribution in [0.2, 0.25) is 0 Å². The monoisotopic (exact) mass is 476 g/mol. The van der Waals surface area contributed by atoms with Gasteiger partial charge in [0, 0.05) is 24.9 Å². The van der Waals surface area contributed by atoms with E-state index in [2.05, 4.69) is 15.5 Å². The van der Waals surface area contributed by atoms with Gasteiger partial charge in [0.1, 0.15) is 11.8 Å². The van der Waals surface area contributed by atoms with Crippen molar-refractivity contribution in [3.05, 3.63) is 36.0 Å². The van der Waals surface area contributed by atoms with Gasteiger partial charge in [0.25, 0.3) is 0 Å². The van der Waals surface area contributed by atoms with E-state index in [9.17, 15) is 13.2 Å². The molecule has 1 aromatic carbocycles. The Balaban J connectivity index is 1.35. The molecule has 1 saturated carbocycles. The Morgan fingerprint density at radius 2 is 1.85 bits per heavy atom. The third-order valence-corrected chi connectivity index (χ3v) is 8.14. The van der Waals surface area contributed by atoms with Crippen molar-refractivity contribution in [3.8, 4) is 5.75 Å². The summed E-state index contributed by atoms with van der Waals surface area (Å²) in [7, 11) is -3.61. The van der Waals surface area contributed by atoms with Crippen molar-refractivity contribution in [3.63, 3.8) is 0 Å². The van der Waals surface area contributed by atoms with E-state index in [1.807, 2.05) is 20.8 Å². The summed E-state index contributed by atoms with van der Waals surface area (Å²) in [5, 5.41) is 7.13. The van der Waals surface area contributed by atoms with Crippen LogP contribution in [0.15, 0.2) is 33.7 Å². The molecular weight excluding hydrogens is 444 g/mol. The molecule has 0 bridgehead atoms. The van der Waals surface area contributed by atoms with Crippen molar-refractivity contribution in [2.45, 2.75) is 63.3 Å². The number of hydrogen-bond acceptors (Lipinski definition) is 7. The smallest absolute Gasteiger partial charge is 0.249 e. The van der Waals surface area contributed by atoms with Gasteiger partial charge in [-0.2, -0.15) is 9.29 Å². The van der Waals surface area contributed by atoms with Gasteiger partial charge in [-0.05, 0) is 62.8 Å². The van der Waals surface area contributed by atoms with E-state index in [0.717, 1.165) is 18.7 Å². The molecule has 1 aliphatic carbocycles. The van der Waals surface area contributed by atoms with Crippen molar-refractivity contribution >= 4 is 15.9 Å². The highest BCUT2D eigenvalue weighted by molar-refractivity contribution is 7.89. The fraction of sp³-hybridized carbons (Fsp3) is 0.609. The molecular formula is C23H32N4O5S. The summed E-state index contributed by atoms with van der Waals surface area (Å²) in [6.07, 6.45) is 3.08. The van der Waals surface area contributed by atoms with Crippen LogP contribution in [0.1, 0.15) is 70.1 Å². The molecule has 1 atom stereocenters. The molecule has 1 amide bonds. The second kappa shape index (κ2) is 9.80. The molecule has 2 heterocycles. The first-order valence-corrected chi connectivity index (χ1v) is 13.1. The third-order valence-electron chi connectivity index (χ3n) is 6.23. The van der Waals surface area contributed by atoms with Crippen LogP contribution >= 0.6 is 0 Å². The maximum Gasteiger partial charge on any atom is 0.249 e. The van der Waals surface area contributed by atoms with Crippen LogP contribution in [0.4, 0.5) is 0 Å². The minimum absolute atomic E-state index is 0.0848. The number of carbonyl (C=O) groups is 1. The standard InChI is InChI=1S/C23H32N4O5S/c1-4-31-18-7-9-19(10-8-18)33(29,30)27-13-11-17(12-14-27)22(28)24-20(15(2)3)23-25-21(26-32-23)16-5-6-16/h7-10,15-17,20H,4-6,11-14H2,1-3H3,(H,24,28). The molecule has 2 aromatic rings. The van der Waals surface area contributed by atoms with E-state index >= 15 is 0 Å². The van der Waals surface area contributed by atoms with Crippen LogP contribution in [0.3, 0.4) is 0 Å². The Hall–Kier alpha value is -2.46. The molecule has 2 fully saturated rings. The highest BCUT2D eigenvalue weighted by Crippen LogP contribution is 2.38. The number of nitrogens with one attached hydrogen (secondary N) is 1. The Labute approximate surface area is 194 Å². The molecule has 1 aliphatic heterocycles. The number of sulfonamides is 1. The average Bonchev–Trinajstić information content (AvgIpc) is 3.55. The molecule has 4 rings (SSSR count). The van der Waals surface area contributed by atoms with E-state index in [0.29, 0.717) is 50.1 Å². The number of aromatic nitrogens is 2. The van der Waals surface area contributed by atoms with Gasteiger partial charge in [-0.3, -0.25) is 4.79 Å². The molecule has 1 N–H and O–H groups in total. The van der Waals surface area contributed by atoms with Crippen LogP contribution in [0.5, 0.6) is 5.75 Å². The zero-order valence-electron chi connectivity index (χ0n) is 19.4. The van der Waals surface area contributed by atoms with Gasteiger partial charge in [0.05, 0.1) is 11.5 Å². The molecule has 2 aliphatic rings. The van der Waals surface area contributed by atoms with E-state index in [1.165, 1.54) is 4.31 Å². The summed E-state index contributed by atoms with van der Waals surface area (Å²) in [5.41, 5.74) is 0. The number of hydrogen-bond donors (Lipinski definition) is 1. The Morgan fingerprint density at radius 1 is 1.18 bits per heavy atom. The quantitative estimate of drug-likeness (QED) is 0.591. The fourth-order valence-electron chi connectivity index (χ4n) is 4.05. The van der Waals surface area contributed by atoms with Gasteiger partial charge in [0.2, 0.25) is 21.8 Å². The summed E-state index contributed by atoms with van der Waals surface area (Å²) in [6, 6.07) is 6.09. The van der Waals surface area contributed by atoms with Crippen LogP contribution in [-0.2, 0) is 14.8 Å². The zero-order valence-corrected chi connectivity index (χ0v) is 20.2. The van der Waals surface area contributed by atoms with Gasteiger partial charge >= 0.3 is 0 Å². The molecule has 1 unspecified atom stereocenters. The average molecular weight is 477 g/mol. The number of ether oxygens (including phenoxy) is 1. The van der Waals surface area contributed by atoms with Gasteiger partial charge in [0.15, 0.2) is 5.82 Å². The maximum absolute atomic E-state index is 13.0. The first-order chi connectivity index (χ1) is 15.8. The van der Waals surface area contributed by atoms with Crippen molar-refractivity contribution in [2.75, 3.05) is 19.7 Å². The Kier molecular flexibility index (Phi) is 7.04. The molecule has 1 aromatic heterocycles. The number of amides is 1. The number of rotatable bonds is 9. The topological polar surface area (TPSA) is 115 Å². The summed E-state index contributed by atoms with van der Waals surface area (Å²) in [4.78, 5) is 17.7. The molecule has 33 heavy (non-hydrogen) atoms. The first-order valence-electron chi connectivity index (χ1n) is 11.7. The summed E-state index contributed by atoms with van der Waals surface area (Å²) < 4.78 is 38.3. The molecule has 0 spiro atoms. The summed E-state index contributed by atoms with van der Waals surface area (Å²) in [6.45, 7) is 6.99. The number of piperidine rings is 1. The second-order valence-corrected chi connectivity index (χ2v) is 11.0. The van der Waals surface area contributed by atoms with Crippen molar-refractivity contribution in [1.82, 2.24) is 19.8 Å². The molecule has 0 radical (unpaired) electrons. The minimum Gasteiger partial charge on any atom is -0.494 e. The Bertz CT molecular complexity index is 1050. The molecule has 9 nitrogen and oxygen atoms in total. The van der Waals surface area contributed by atoms with Crippen molar-refractivity contribution < 1.29 is 22.5 Å². The van der Waals surface area contributed by atoms with Crippen LogP contribution in [-0.4, -0.2) is 48.5 Å². The number of benzene rings is 1. The normalized spacial score (nSPS) is 18.9. The molecule has 10 heteroatoms. The van der Waals surface area contributed by atoms with E-state index in [1.54, 1.807) is 24.3 Å². The van der Waals surface area contributed by atoms with E-state index in [-0.39, 0.29) is 28.7 Å². The van der Waals surface area contributed by atoms with Gasteiger partial charge < -0.3 is 14.6 Å². The van der Waals surface area contributed by atoms with E-state index in [4.69, 9.17) is 9.26 Å². The molecule has 180 valence electrons. The predicted octanol–water partition coefficient (Wildman–Crippen LogP) is 3.26. The zero-order chi connectivity index (χ0) is 23.6. The highest BCUT2D eigenvalue weighted by Gasteiger charge is 2.35. The maximum atomic E-state index is 13.0. The minimum atomic E-state index is -3.61.